The maximum atomic E-state index is 13.3. The van der Waals surface area contributed by atoms with Crippen molar-refractivity contribution in [2.45, 2.75) is 32.7 Å². The number of methoxy groups -OCH3 is 3. The van der Waals surface area contributed by atoms with Gasteiger partial charge in [0.1, 0.15) is 0 Å². The quantitative estimate of drug-likeness (QED) is 0.498. The first-order valence-corrected chi connectivity index (χ1v) is 13.0. The number of carbonyl (C=O) groups excluding carboxylic acids is 3. The minimum Gasteiger partial charge on any atom is -0.493 e. The zero-order valence-electron chi connectivity index (χ0n) is 21.8. The van der Waals surface area contributed by atoms with E-state index in [1.165, 1.54) is 18.9 Å². The van der Waals surface area contributed by atoms with Crippen LogP contribution in [0, 0.1) is 0 Å². The lowest BCUT2D eigenvalue weighted by atomic mass is 9.92. The summed E-state index contributed by atoms with van der Waals surface area (Å²) in [5, 5.41) is 2.60. The standard InChI is InChI=1S/C26H32N4O6S/c1-6-19-22(25(33)36-5)23(18-8-7-9-20(34-3)24(18)35-4)30-17(15-37-26(30)27-19)14-21(32)29-12-10-28(11-13-29)16(2)31/h7-9,15,23H,6,10-14H2,1-5H3. The van der Waals surface area contributed by atoms with Gasteiger partial charge in [-0.3, -0.25) is 9.59 Å². The van der Waals surface area contributed by atoms with Gasteiger partial charge < -0.3 is 28.9 Å². The van der Waals surface area contributed by atoms with Crippen LogP contribution in [0.4, 0.5) is 0 Å². The van der Waals surface area contributed by atoms with Crippen LogP contribution >= 0.6 is 11.8 Å². The van der Waals surface area contributed by atoms with Crippen LogP contribution in [0.2, 0.25) is 0 Å². The van der Waals surface area contributed by atoms with Crippen molar-refractivity contribution in [2.75, 3.05) is 47.5 Å². The molecule has 37 heavy (non-hydrogen) atoms. The van der Waals surface area contributed by atoms with Crippen molar-refractivity contribution in [1.29, 1.82) is 0 Å². The molecule has 0 bridgehead atoms. The monoisotopic (exact) mass is 528 g/mol. The number of piperazine rings is 1. The summed E-state index contributed by atoms with van der Waals surface area (Å²) in [7, 11) is 4.47. The molecule has 1 atom stereocenters. The van der Waals surface area contributed by atoms with Crippen LogP contribution in [0.1, 0.15) is 38.3 Å². The Balaban J connectivity index is 1.71. The SMILES string of the molecule is CCC1=C(C(=O)OC)C(c2cccc(OC)c2OC)N2C(CC(=O)N3CCN(C(C)=O)CC3)=CSC2=N1. The van der Waals surface area contributed by atoms with Gasteiger partial charge in [0.05, 0.1) is 45.1 Å². The summed E-state index contributed by atoms with van der Waals surface area (Å²) < 4.78 is 16.5. The summed E-state index contributed by atoms with van der Waals surface area (Å²) in [6.45, 7) is 5.49. The molecule has 1 aromatic carbocycles. The molecule has 1 fully saturated rings. The van der Waals surface area contributed by atoms with Gasteiger partial charge in [0.15, 0.2) is 16.7 Å². The van der Waals surface area contributed by atoms with Crippen molar-refractivity contribution < 1.29 is 28.6 Å². The molecule has 1 unspecified atom stereocenters. The summed E-state index contributed by atoms with van der Waals surface area (Å²) >= 11 is 1.42. The highest BCUT2D eigenvalue weighted by Gasteiger charge is 2.43. The highest BCUT2D eigenvalue weighted by molar-refractivity contribution is 8.16. The zero-order chi connectivity index (χ0) is 26.7. The van der Waals surface area contributed by atoms with E-state index in [2.05, 4.69) is 0 Å². The van der Waals surface area contributed by atoms with Gasteiger partial charge in [-0.15, -0.1) is 0 Å². The molecular weight excluding hydrogens is 496 g/mol. The molecule has 0 radical (unpaired) electrons. The second kappa shape index (κ2) is 11.3. The van der Waals surface area contributed by atoms with Crippen molar-refractivity contribution >= 4 is 34.7 Å². The number of aliphatic imine (C=N–C) groups is 1. The Hall–Kier alpha value is -3.47. The molecule has 2 amide bonds. The third-order valence-electron chi connectivity index (χ3n) is 6.77. The zero-order valence-corrected chi connectivity index (χ0v) is 22.6. The van der Waals surface area contributed by atoms with Crippen molar-refractivity contribution in [3.05, 3.63) is 46.1 Å². The Bertz CT molecular complexity index is 1190. The molecule has 198 valence electrons. The van der Waals surface area contributed by atoms with E-state index in [0.717, 1.165) is 5.70 Å². The lowest BCUT2D eigenvalue weighted by molar-refractivity contribution is -0.138. The molecule has 3 aliphatic rings. The maximum Gasteiger partial charge on any atom is 0.338 e. The number of hydrogen-bond acceptors (Lipinski definition) is 9. The van der Waals surface area contributed by atoms with Crippen LogP contribution in [-0.4, -0.2) is 85.2 Å². The molecule has 10 nitrogen and oxygen atoms in total. The third kappa shape index (κ3) is 5.04. The number of carbonyl (C=O) groups is 3. The Morgan fingerprint density at radius 2 is 1.76 bits per heavy atom. The van der Waals surface area contributed by atoms with Gasteiger partial charge in [-0.05, 0) is 17.9 Å². The highest BCUT2D eigenvalue weighted by atomic mass is 32.2. The van der Waals surface area contributed by atoms with Gasteiger partial charge >= 0.3 is 5.97 Å². The highest BCUT2D eigenvalue weighted by Crippen LogP contribution is 2.49. The molecule has 3 aliphatic heterocycles. The molecule has 3 heterocycles. The molecule has 1 saturated heterocycles. The van der Waals surface area contributed by atoms with Gasteiger partial charge in [0.2, 0.25) is 11.8 Å². The first-order valence-electron chi connectivity index (χ1n) is 12.1. The van der Waals surface area contributed by atoms with Gasteiger partial charge in [0.25, 0.3) is 0 Å². The van der Waals surface area contributed by atoms with Crippen LogP contribution in [0.15, 0.2) is 45.6 Å². The molecule has 1 aromatic rings. The van der Waals surface area contributed by atoms with Gasteiger partial charge in [0, 0.05) is 44.4 Å². The molecule has 0 aromatic heterocycles. The number of thioether (sulfide) groups is 1. The fourth-order valence-electron chi connectivity index (χ4n) is 4.87. The van der Waals surface area contributed by atoms with Gasteiger partial charge in [-0.2, -0.15) is 0 Å². The lowest BCUT2D eigenvalue weighted by Crippen LogP contribution is -2.50. The normalized spacial score (nSPS) is 19.3. The predicted molar refractivity (Wildman–Crippen MR) is 140 cm³/mol. The van der Waals surface area contributed by atoms with E-state index in [-0.39, 0.29) is 18.2 Å². The minimum atomic E-state index is -0.622. The lowest BCUT2D eigenvalue weighted by Gasteiger charge is -2.38. The second-order valence-electron chi connectivity index (χ2n) is 8.75. The summed E-state index contributed by atoms with van der Waals surface area (Å²) in [6.07, 6.45) is 0.657. The van der Waals surface area contributed by atoms with Gasteiger partial charge in [-0.25, -0.2) is 9.79 Å². The number of para-hydroxylation sites is 1. The second-order valence-corrected chi connectivity index (χ2v) is 9.58. The third-order valence-corrected chi connectivity index (χ3v) is 7.66. The van der Waals surface area contributed by atoms with Crippen LogP contribution in [0.5, 0.6) is 11.5 Å². The smallest absolute Gasteiger partial charge is 0.338 e. The van der Waals surface area contributed by atoms with E-state index in [1.54, 1.807) is 37.0 Å². The number of fused-ring (bicyclic) bond motifs is 1. The van der Waals surface area contributed by atoms with Crippen LogP contribution in [0.25, 0.3) is 0 Å². The van der Waals surface area contributed by atoms with Crippen molar-refractivity contribution in [3.63, 3.8) is 0 Å². The summed E-state index contributed by atoms with van der Waals surface area (Å²) in [6, 6.07) is 4.90. The average Bonchev–Trinajstić information content (AvgIpc) is 3.32. The number of hydrogen-bond donors (Lipinski definition) is 0. The maximum absolute atomic E-state index is 13.3. The topological polar surface area (TPSA) is 101 Å². The number of esters is 1. The molecule has 0 spiro atoms. The number of ether oxygens (including phenoxy) is 3. The molecule has 0 N–H and O–H groups in total. The minimum absolute atomic E-state index is 0.0140. The fourth-order valence-corrected chi connectivity index (χ4v) is 5.81. The number of amidine groups is 1. The Kier molecular flexibility index (Phi) is 8.11. The van der Waals surface area contributed by atoms with E-state index in [1.807, 2.05) is 29.4 Å². The van der Waals surface area contributed by atoms with Crippen molar-refractivity contribution in [2.24, 2.45) is 4.99 Å². The number of nitrogens with zero attached hydrogens (tertiary/aromatic N) is 4. The molecule has 4 rings (SSSR count). The van der Waals surface area contributed by atoms with E-state index in [0.29, 0.717) is 66.1 Å². The summed E-state index contributed by atoms with van der Waals surface area (Å²) in [5.41, 5.74) is 2.46. The molecule has 11 heteroatoms. The van der Waals surface area contributed by atoms with Crippen LogP contribution in [0.3, 0.4) is 0 Å². The predicted octanol–water partition coefficient (Wildman–Crippen LogP) is 2.92. The van der Waals surface area contributed by atoms with E-state index in [9.17, 15) is 14.4 Å². The number of benzene rings is 1. The first kappa shape index (κ1) is 26.6. The van der Waals surface area contributed by atoms with Crippen LogP contribution in [-0.2, 0) is 19.1 Å². The van der Waals surface area contributed by atoms with E-state index >= 15 is 0 Å². The molecule has 0 aliphatic carbocycles. The number of rotatable bonds is 7. The number of amides is 2. The summed E-state index contributed by atoms with van der Waals surface area (Å²) in [5.74, 6) is 0.509. The van der Waals surface area contributed by atoms with Gasteiger partial charge in [-0.1, -0.05) is 30.8 Å². The summed E-state index contributed by atoms with van der Waals surface area (Å²) in [4.78, 5) is 48.4. The first-order chi connectivity index (χ1) is 17.8. The Labute approximate surface area is 220 Å². The van der Waals surface area contributed by atoms with Crippen LogP contribution < -0.4 is 9.47 Å². The Morgan fingerprint density at radius 1 is 1.05 bits per heavy atom. The molecular formula is C26H32N4O6S. The molecule has 0 saturated carbocycles. The average molecular weight is 529 g/mol. The Morgan fingerprint density at radius 3 is 2.35 bits per heavy atom. The van der Waals surface area contributed by atoms with E-state index in [4.69, 9.17) is 19.2 Å². The van der Waals surface area contributed by atoms with E-state index < -0.39 is 12.0 Å². The largest absolute Gasteiger partial charge is 0.493 e. The van der Waals surface area contributed by atoms with Crippen molar-refractivity contribution in [1.82, 2.24) is 14.7 Å². The number of allylic oxidation sites excluding steroid dienone is 1. The van der Waals surface area contributed by atoms with Crippen molar-refractivity contribution in [3.8, 4) is 11.5 Å². The fraction of sp³-hybridized carbons (Fsp3) is 0.462.